The van der Waals surface area contributed by atoms with Gasteiger partial charge < -0.3 is 42.9 Å². The Labute approximate surface area is 203 Å². The van der Waals surface area contributed by atoms with Gasteiger partial charge in [-0.15, -0.1) is 0 Å². The molecule has 13 nitrogen and oxygen atoms in total. The number of carbonyl (C=O) groups is 5. The van der Waals surface area contributed by atoms with Crippen molar-refractivity contribution in [3.63, 3.8) is 0 Å². The van der Waals surface area contributed by atoms with Crippen molar-refractivity contribution in [3.05, 3.63) is 29.8 Å². The summed E-state index contributed by atoms with van der Waals surface area (Å²) in [6.45, 7) is 2.07. The first-order valence-corrected chi connectivity index (χ1v) is 11.0. The van der Waals surface area contributed by atoms with E-state index in [0.717, 1.165) is 5.56 Å². The van der Waals surface area contributed by atoms with Crippen molar-refractivity contribution in [2.75, 3.05) is 19.7 Å². The van der Waals surface area contributed by atoms with E-state index in [2.05, 4.69) is 21.3 Å². The third-order valence-corrected chi connectivity index (χ3v) is 4.80. The largest absolute Gasteiger partial charge is 0.508 e. The SMILES string of the molecule is CC(C)C[C@H](NC(=O)CNC(=O)CNC(=O)[C@@H](N)Cc1ccc(O)cc1)C(=O)N[C@@H](CO)C(N)=O. The van der Waals surface area contributed by atoms with Gasteiger partial charge in [0, 0.05) is 0 Å². The van der Waals surface area contributed by atoms with Gasteiger partial charge in [-0.3, -0.25) is 24.0 Å². The number of nitrogens with one attached hydrogen (secondary N) is 4. The molecule has 0 bridgehead atoms. The lowest BCUT2D eigenvalue weighted by molar-refractivity contribution is -0.132. The number of phenols is 1. The average molecular weight is 495 g/mol. The molecule has 0 unspecified atom stereocenters. The number of aromatic hydroxyl groups is 1. The first-order valence-electron chi connectivity index (χ1n) is 11.0. The molecule has 1 rings (SSSR count). The lowest BCUT2D eigenvalue weighted by atomic mass is 10.0. The smallest absolute Gasteiger partial charge is 0.243 e. The Morgan fingerprint density at radius 2 is 1.49 bits per heavy atom. The van der Waals surface area contributed by atoms with Gasteiger partial charge >= 0.3 is 0 Å². The van der Waals surface area contributed by atoms with E-state index < -0.39 is 67.4 Å². The summed E-state index contributed by atoms with van der Waals surface area (Å²) in [6, 6.07) is 2.95. The number of nitrogens with two attached hydrogens (primary N) is 2. The maximum absolute atomic E-state index is 12.4. The van der Waals surface area contributed by atoms with E-state index in [9.17, 15) is 29.1 Å². The molecule has 194 valence electrons. The van der Waals surface area contributed by atoms with Crippen LogP contribution in [-0.2, 0) is 30.4 Å². The summed E-state index contributed by atoms with van der Waals surface area (Å²) in [5, 5.41) is 27.9. The van der Waals surface area contributed by atoms with Crippen molar-refractivity contribution >= 4 is 29.5 Å². The lowest BCUT2D eigenvalue weighted by Crippen LogP contribution is -2.55. The van der Waals surface area contributed by atoms with Gasteiger partial charge in [0.25, 0.3) is 0 Å². The van der Waals surface area contributed by atoms with Gasteiger partial charge in [-0.2, -0.15) is 0 Å². The van der Waals surface area contributed by atoms with Crippen LogP contribution in [0.3, 0.4) is 0 Å². The van der Waals surface area contributed by atoms with Gasteiger partial charge in [0.15, 0.2) is 0 Å². The average Bonchev–Trinajstić information content (AvgIpc) is 2.79. The van der Waals surface area contributed by atoms with Crippen LogP contribution in [0.1, 0.15) is 25.8 Å². The summed E-state index contributed by atoms with van der Waals surface area (Å²) in [4.78, 5) is 60.0. The molecule has 1 aromatic carbocycles. The van der Waals surface area contributed by atoms with Gasteiger partial charge in [0.2, 0.25) is 29.5 Å². The predicted octanol–water partition coefficient (Wildman–Crippen LogP) is -3.01. The molecule has 0 radical (unpaired) electrons. The van der Waals surface area contributed by atoms with Crippen LogP contribution in [0.25, 0.3) is 0 Å². The summed E-state index contributed by atoms with van der Waals surface area (Å²) in [6.07, 6.45) is 0.430. The van der Waals surface area contributed by atoms with Gasteiger partial charge in [-0.25, -0.2) is 0 Å². The van der Waals surface area contributed by atoms with Crippen LogP contribution in [-0.4, -0.2) is 77.6 Å². The number of amides is 5. The van der Waals surface area contributed by atoms with E-state index in [1.165, 1.54) is 12.1 Å². The highest BCUT2D eigenvalue weighted by molar-refractivity contribution is 5.93. The standard InChI is InChI=1S/C22H34N6O7/c1-12(2)7-16(22(35)28-17(11-29)20(24)33)27-19(32)10-25-18(31)9-26-21(34)15(23)8-13-3-5-14(30)6-4-13/h3-6,12,15-17,29-30H,7-11,23H2,1-2H3,(H2,24,33)(H,25,31)(H,26,34)(H,27,32)(H,28,35)/t15-,16-,17-/m0/s1. The molecule has 13 heteroatoms. The van der Waals surface area contributed by atoms with Crippen LogP contribution in [0, 0.1) is 5.92 Å². The van der Waals surface area contributed by atoms with E-state index in [-0.39, 0.29) is 24.5 Å². The fourth-order valence-electron chi connectivity index (χ4n) is 2.95. The number of rotatable bonds is 14. The highest BCUT2D eigenvalue weighted by Gasteiger charge is 2.26. The molecule has 35 heavy (non-hydrogen) atoms. The van der Waals surface area contributed by atoms with E-state index in [1.54, 1.807) is 12.1 Å². The summed E-state index contributed by atoms with van der Waals surface area (Å²) >= 11 is 0. The number of carbonyl (C=O) groups excluding carboxylic acids is 5. The number of benzene rings is 1. The Kier molecular flexibility index (Phi) is 12.2. The minimum absolute atomic E-state index is 0.00259. The molecule has 3 atom stereocenters. The number of aliphatic hydroxyl groups excluding tert-OH is 1. The summed E-state index contributed by atoms with van der Waals surface area (Å²) in [5.41, 5.74) is 11.7. The molecule has 0 aliphatic heterocycles. The Morgan fingerprint density at radius 3 is 2.03 bits per heavy atom. The fourth-order valence-corrected chi connectivity index (χ4v) is 2.95. The van der Waals surface area contributed by atoms with E-state index in [0.29, 0.717) is 0 Å². The molecule has 0 saturated heterocycles. The molecule has 5 amide bonds. The van der Waals surface area contributed by atoms with Gasteiger partial charge in [-0.1, -0.05) is 26.0 Å². The third kappa shape index (κ3) is 11.3. The van der Waals surface area contributed by atoms with Crippen LogP contribution in [0.15, 0.2) is 24.3 Å². The third-order valence-electron chi connectivity index (χ3n) is 4.80. The molecular weight excluding hydrogens is 460 g/mol. The molecule has 0 spiro atoms. The zero-order valence-electron chi connectivity index (χ0n) is 19.7. The van der Waals surface area contributed by atoms with Crippen molar-refractivity contribution in [1.82, 2.24) is 21.3 Å². The summed E-state index contributed by atoms with van der Waals surface area (Å²) in [7, 11) is 0. The number of phenolic OH excluding ortho intramolecular Hbond substituents is 1. The second-order valence-electron chi connectivity index (χ2n) is 8.37. The molecule has 1 aromatic rings. The molecular formula is C22H34N6O7. The highest BCUT2D eigenvalue weighted by atomic mass is 16.3. The van der Waals surface area contributed by atoms with Gasteiger partial charge in [0.1, 0.15) is 17.8 Å². The molecule has 0 aliphatic carbocycles. The second-order valence-corrected chi connectivity index (χ2v) is 8.37. The first-order chi connectivity index (χ1) is 16.4. The van der Waals surface area contributed by atoms with Crippen LogP contribution < -0.4 is 32.7 Å². The normalized spacial score (nSPS) is 13.3. The summed E-state index contributed by atoms with van der Waals surface area (Å²) < 4.78 is 0. The molecule has 10 N–H and O–H groups in total. The molecule has 0 aromatic heterocycles. The Hall–Kier alpha value is -3.71. The first kappa shape index (κ1) is 29.3. The maximum Gasteiger partial charge on any atom is 0.243 e. The number of hydrogen-bond donors (Lipinski definition) is 8. The van der Waals surface area contributed by atoms with Crippen molar-refractivity contribution < 1.29 is 34.2 Å². The van der Waals surface area contributed by atoms with Crippen LogP contribution in [0.4, 0.5) is 0 Å². The van der Waals surface area contributed by atoms with Crippen LogP contribution in [0.2, 0.25) is 0 Å². The quantitative estimate of drug-likeness (QED) is 0.132. The van der Waals surface area contributed by atoms with E-state index >= 15 is 0 Å². The zero-order chi connectivity index (χ0) is 26.5. The van der Waals surface area contributed by atoms with Gasteiger partial charge in [0.05, 0.1) is 25.7 Å². The summed E-state index contributed by atoms with van der Waals surface area (Å²) in [5.74, 6) is -3.43. The van der Waals surface area contributed by atoms with Crippen molar-refractivity contribution in [3.8, 4) is 5.75 Å². The van der Waals surface area contributed by atoms with E-state index in [4.69, 9.17) is 16.6 Å². The highest BCUT2D eigenvalue weighted by Crippen LogP contribution is 2.10. The molecule has 0 saturated carbocycles. The zero-order valence-corrected chi connectivity index (χ0v) is 19.7. The lowest BCUT2D eigenvalue weighted by Gasteiger charge is -2.22. The monoisotopic (exact) mass is 494 g/mol. The Balaban J connectivity index is 2.48. The van der Waals surface area contributed by atoms with E-state index in [1.807, 2.05) is 13.8 Å². The topological polar surface area (TPSA) is 226 Å². The van der Waals surface area contributed by atoms with Crippen LogP contribution in [0.5, 0.6) is 5.75 Å². The predicted molar refractivity (Wildman–Crippen MR) is 125 cm³/mol. The van der Waals surface area contributed by atoms with Crippen molar-refractivity contribution in [2.24, 2.45) is 17.4 Å². The number of hydrogen-bond acceptors (Lipinski definition) is 8. The molecule has 0 aliphatic rings. The molecule has 0 heterocycles. The Morgan fingerprint density at radius 1 is 0.886 bits per heavy atom. The Bertz CT molecular complexity index is 891. The molecule has 0 fully saturated rings. The van der Waals surface area contributed by atoms with Gasteiger partial charge in [-0.05, 0) is 36.5 Å². The number of primary amides is 1. The minimum atomic E-state index is -1.29. The maximum atomic E-state index is 12.4. The van der Waals surface area contributed by atoms with Crippen molar-refractivity contribution in [1.29, 1.82) is 0 Å². The number of aliphatic hydroxyl groups is 1. The van der Waals surface area contributed by atoms with Crippen LogP contribution >= 0.6 is 0 Å². The fraction of sp³-hybridized carbons (Fsp3) is 0.500. The second kappa shape index (κ2) is 14.5. The van der Waals surface area contributed by atoms with Crippen molar-refractivity contribution in [2.45, 2.75) is 44.8 Å². The minimum Gasteiger partial charge on any atom is -0.508 e.